The van der Waals surface area contributed by atoms with Crippen LogP contribution in [0.2, 0.25) is 0 Å². The third-order valence-corrected chi connectivity index (χ3v) is 4.49. The first-order chi connectivity index (χ1) is 7.81. The molecule has 1 aliphatic carbocycles. The number of hydrogen-bond acceptors (Lipinski definition) is 2. The lowest BCUT2D eigenvalue weighted by atomic mass is 9.93. The van der Waals surface area contributed by atoms with Crippen molar-refractivity contribution in [3.8, 4) is 0 Å². The zero-order valence-electron chi connectivity index (χ0n) is 9.62. The van der Waals surface area contributed by atoms with Crippen LogP contribution in [0.5, 0.6) is 0 Å². The number of fused-ring (bicyclic) bond motifs is 1. The Morgan fingerprint density at radius 1 is 1.31 bits per heavy atom. The SMILES string of the molecule is Cc1ccc2cc(CNC3CCC3)sc2c1. The van der Waals surface area contributed by atoms with Gasteiger partial charge in [0.05, 0.1) is 0 Å². The highest BCUT2D eigenvalue weighted by atomic mass is 32.1. The fourth-order valence-electron chi connectivity index (χ4n) is 2.14. The Balaban J connectivity index is 1.76. The first kappa shape index (κ1) is 10.3. The minimum Gasteiger partial charge on any atom is -0.309 e. The predicted molar refractivity (Wildman–Crippen MR) is 71.0 cm³/mol. The molecule has 16 heavy (non-hydrogen) atoms. The van der Waals surface area contributed by atoms with Crippen molar-refractivity contribution >= 4 is 21.4 Å². The molecule has 0 atom stereocenters. The van der Waals surface area contributed by atoms with Gasteiger partial charge in [0.25, 0.3) is 0 Å². The molecule has 0 spiro atoms. The third-order valence-electron chi connectivity index (χ3n) is 3.40. The van der Waals surface area contributed by atoms with E-state index in [1.165, 1.54) is 39.8 Å². The van der Waals surface area contributed by atoms with E-state index in [0.717, 1.165) is 12.6 Å². The minimum absolute atomic E-state index is 0.784. The van der Waals surface area contributed by atoms with Crippen molar-refractivity contribution in [2.24, 2.45) is 0 Å². The van der Waals surface area contributed by atoms with Crippen LogP contribution in [0.15, 0.2) is 24.3 Å². The molecule has 2 heteroatoms. The van der Waals surface area contributed by atoms with Crippen LogP contribution in [-0.4, -0.2) is 6.04 Å². The molecule has 1 heterocycles. The van der Waals surface area contributed by atoms with Gasteiger partial charge in [-0.2, -0.15) is 0 Å². The molecule has 84 valence electrons. The molecule has 1 saturated carbocycles. The van der Waals surface area contributed by atoms with Crippen LogP contribution >= 0.6 is 11.3 Å². The van der Waals surface area contributed by atoms with Crippen molar-refractivity contribution < 1.29 is 0 Å². The van der Waals surface area contributed by atoms with Crippen molar-refractivity contribution in [2.45, 2.75) is 38.8 Å². The number of aryl methyl sites for hydroxylation is 1. The van der Waals surface area contributed by atoms with Crippen LogP contribution in [0, 0.1) is 6.92 Å². The van der Waals surface area contributed by atoms with Gasteiger partial charge in [0.15, 0.2) is 0 Å². The zero-order valence-corrected chi connectivity index (χ0v) is 10.4. The summed E-state index contributed by atoms with van der Waals surface area (Å²) in [5.41, 5.74) is 1.35. The number of rotatable bonds is 3. The molecule has 1 N–H and O–H groups in total. The molecular weight excluding hydrogens is 214 g/mol. The Morgan fingerprint density at radius 3 is 2.94 bits per heavy atom. The highest BCUT2D eigenvalue weighted by Crippen LogP contribution is 2.27. The van der Waals surface area contributed by atoms with Crippen molar-refractivity contribution in [3.63, 3.8) is 0 Å². The fourth-order valence-corrected chi connectivity index (χ4v) is 3.25. The summed E-state index contributed by atoms with van der Waals surface area (Å²) >= 11 is 1.93. The normalized spacial score (nSPS) is 16.6. The first-order valence-corrected chi connectivity index (χ1v) is 6.85. The maximum Gasteiger partial charge on any atom is 0.0348 e. The maximum absolute atomic E-state index is 3.62. The standard InChI is InChI=1S/C14H17NS/c1-10-5-6-11-8-13(16-14(11)7-10)9-15-12-3-2-4-12/h5-8,12,15H,2-4,9H2,1H3. The van der Waals surface area contributed by atoms with Crippen molar-refractivity contribution in [1.82, 2.24) is 5.32 Å². The van der Waals surface area contributed by atoms with E-state index in [0.29, 0.717) is 0 Å². The van der Waals surface area contributed by atoms with E-state index in [2.05, 4.69) is 36.5 Å². The van der Waals surface area contributed by atoms with Gasteiger partial charge in [-0.05, 0) is 42.8 Å². The van der Waals surface area contributed by atoms with Crippen LogP contribution in [0.4, 0.5) is 0 Å². The smallest absolute Gasteiger partial charge is 0.0348 e. The number of thiophene rings is 1. The first-order valence-electron chi connectivity index (χ1n) is 6.04. The highest BCUT2D eigenvalue weighted by molar-refractivity contribution is 7.19. The van der Waals surface area contributed by atoms with E-state index in [-0.39, 0.29) is 0 Å². The molecule has 1 aromatic heterocycles. The highest BCUT2D eigenvalue weighted by Gasteiger charge is 2.16. The second kappa shape index (κ2) is 4.19. The molecule has 3 rings (SSSR count). The van der Waals surface area contributed by atoms with Crippen molar-refractivity contribution in [1.29, 1.82) is 0 Å². The molecule has 0 amide bonds. The summed E-state index contributed by atoms with van der Waals surface area (Å²) < 4.78 is 1.42. The Bertz CT molecular complexity index is 496. The third kappa shape index (κ3) is 2.00. The topological polar surface area (TPSA) is 12.0 Å². The van der Waals surface area contributed by atoms with Gasteiger partial charge in [-0.1, -0.05) is 18.6 Å². The minimum atomic E-state index is 0.784. The molecule has 0 aliphatic heterocycles. The molecular formula is C14H17NS. The van der Waals surface area contributed by atoms with E-state index in [4.69, 9.17) is 0 Å². The zero-order chi connectivity index (χ0) is 11.0. The summed E-state index contributed by atoms with van der Waals surface area (Å²) in [6.07, 6.45) is 4.14. The van der Waals surface area contributed by atoms with Gasteiger partial charge in [0.2, 0.25) is 0 Å². The van der Waals surface area contributed by atoms with E-state index in [1.807, 2.05) is 11.3 Å². The largest absolute Gasteiger partial charge is 0.309 e. The van der Waals surface area contributed by atoms with E-state index in [1.54, 1.807) is 0 Å². The number of hydrogen-bond donors (Lipinski definition) is 1. The summed E-state index contributed by atoms with van der Waals surface area (Å²) in [7, 11) is 0. The Labute approximate surface area is 100 Å². The molecule has 1 aliphatic rings. The summed E-state index contributed by atoms with van der Waals surface area (Å²) in [4.78, 5) is 1.47. The molecule has 0 bridgehead atoms. The molecule has 0 saturated heterocycles. The van der Waals surface area contributed by atoms with Crippen LogP contribution in [0.1, 0.15) is 29.7 Å². The van der Waals surface area contributed by atoms with Crippen LogP contribution < -0.4 is 5.32 Å². The van der Waals surface area contributed by atoms with E-state index in [9.17, 15) is 0 Å². The quantitative estimate of drug-likeness (QED) is 0.846. The van der Waals surface area contributed by atoms with Gasteiger partial charge in [0, 0.05) is 22.2 Å². The summed E-state index contributed by atoms with van der Waals surface area (Å²) in [5, 5.41) is 5.01. The maximum atomic E-state index is 3.62. The Kier molecular flexibility index (Phi) is 2.70. The van der Waals surface area contributed by atoms with Gasteiger partial charge in [-0.15, -0.1) is 11.3 Å². The lowest BCUT2D eigenvalue weighted by Crippen LogP contribution is -2.34. The second-order valence-corrected chi connectivity index (χ2v) is 5.93. The van der Waals surface area contributed by atoms with Gasteiger partial charge >= 0.3 is 0 Å². The van der Waals surface area contributed by atoms with Gasteiger partial charge < -0.3 is 5.32 Å². The molecule has 1 fully saturated rings. The average Bonchev–Trinajstić information content (AvgIpc) is 2.57. The summed E-state index contributed by atoms with van der Waals surface area (Å²) in [6.45, 7) is 3.20. The van der Waals surface area contributed by atoms with E-state index < -0.39 is 0 Å². The van der Waals surface area contributed by atoms with Crippen molar-refractivity contribution in [3.05, 3.63) is 34.7 Å². The lowest BCUT2D eigenvalue weighted by Gasteiger charge is -2.26. The van der Waals surface area contributed by atoms with Crippen molar-refractivity contribution in [2.75, 3.05) is 0 Å². The fraction of sp³-hybridized carbons (Fsp3) is 0.429. The summed E-state index contributed by atoms with van der Waals surface area (Å²) in [6, 6.07) is 9.82. The van der Waals surface area contributed by atoms with Gasteiger partial charge in [-0.25, -0.2) is 0 Å². The average molecular weight is 231 g/mol. The van der Waals surface area contributed by atoms with Gasteiger partial charge in [0.1, 0.15) is 0 Å². The molecule has 1 nitrogen and oxygen atoms in total. The second-order valence-electron chi connectivity index (χ2n) is 4.76. The summed E-state index contributed by atoms with van der Waals surface area (Å²) in [5.74, 6) is 0. The van der Waals surface area contributed by atoms with Crippen LogP contribution in [-0.2, 0) is 6.54 Å². The number of nitrogens with one attached hydrogen (secondary N) is 1. The lowest BCUT2D eigenvalue weighted by molar-refractivity contribution is 0.339. The van der Waals surface area contributed by atoms with Crippen LogP contribution in [0.25, 0.3) is 10.1 Å². The molecule has 1 aromatic carbocycles. The van der Waals surface area contributed by atoms with E-state index >= 15 is 0 Å². The molecule has 2 aromatic rings. The molecule has 0 radical (unpaired) electrons. The predicted octanol–water partition coefficient (Wildman–Crippen LogP) is 3.85. The Hall–Kier alpha value is -0.860. The number of benzene rings is 1. The molecule has 0 unspecified atom stereocenters. The Morgan fingerprint density at radius 2 is 2.19 bits per heavy atom. The van der Waals surface area contributed by atoms with Gasteiger partial charge in [-0.3, -0.25) is 0 Å². The monoisotopic (exact) mass is 231 g/mol. The van der Waals surface area contributed by atoms with Crippen LogP contribution in [0.3, 0.4) is 0 Å².